The average molecular weight is 205 g/mol. The third-order valence-corrected chi connectivity index (χ3v) is 3.03. The fraction of sp³-hybridized carbons (Fsp3) is 0.889. The molecule has 0 heterocycles. The zero-order valence-corrected chi connectivity index (χ0v) is 9.45. The summed E-state index contributed by atoms with van der Waals surface area (Å²) in [5.74, 6) is 1.79. The molecule has 0 bridgehead atoms. The van der Waals surface area contributed by atoms with E-state index in [0.717, 1.165) is 17.9 Å². The van der Waals surface area contributed by atoms with Crippen LogP contribution in [0.3, 0.4) is 0 Å². The van der Waals surface area contributed by atoms with Crippen molar-refractivity contribution >= 4 is 17.7 Å². The quantitative estimate of drug-likeness (QED) is 0.502. The van der Waals surface area contributed by atoms with Crippen molar-refractivity contribution in [2.75, 3.05) is 25.7 Å². The molecule has 0 saturated heterocycles. The van der Waals surface area contributed by atoms with Gasteiger partial charge in [0.15, 0.2) is 0 Å². The number of hydrogen-bond donors (Lipinski definition) is 1. The number of rotatable bonds is 7. The highest BCUT2D eigenvalue weighted by Gasteiger charge is 2.04. The van der Waals surface area contributed by atoms with E-state index in [1.165, 1.54) is 7.11 Å². The average Bonchev–Trinajstić information content (AvgIpc) is 2.18. The van der Waals surface area contributed by atoms with Crippen LogP contribution in [0.2, 0.25) is 0 Å². The number of carbonyl (C=O) groups is 1. The molecule has 0 aromatic heterocycles. The highest BCUT2D eigenvalue weighted by molar-refractivity contribution is 7.99. The Kier molecular flexibility index (Phi) is 8.24. The zero-order chi connectivity index (χ0) is 10.1. The molecule has 1 atom stereocenters. The van der Waals surface area contributed by atoms with E-state index < -0.39 is 0 Å². The monoisotopic (exact) mass is 205 g/mol. The Balaban J connectivity index is 3.28. The van der Waals surface area contributed by atoms with Crippen molar-refractivity contribution in [1.29, 1.82) is 0 Å². The van der Waals surface area contributed by atoms with Crippen LogP contribution >= 0.6 is 11.8 Å². The Morgan fingerprint density at radius 1 is 1.62 bits per heavy atom. The molecule has 0 aromatic rings. The number of carbonyl (C=O) groups excluding carboxylic acids is 1. The molecule has 1 N–H and O–H groups in total. The second kappa shape index (κ2) is 8.38. The molecule has 0 fully saturated rings. The smallest absolute Gasteiger partial charge is 0.306 e. The minimum Gasteiger partial charge on any atom is -0.469 e. The summed E-state index contributed by atoms with van der Waals surface area (Å²) in [6.45, 7) is 2.15. The molecule has 0 rings (SSSR count). The zero-order valence-electron chi connectivity index (χ0n) is 8.63. The van der Waals surface area contributed by atoms with Crippen molar-refractivity contribution in [2.45, 2.75) is 25.8 Å². The maximum absolute atomic E-state index is 10.7. The molecule has 0 aromatic carbocycles. The van der Waals surface area contributed by atoms with Gasteiger partial charge in [0.25, 0.3) is 0 Å². The fourth-order valence-corrected chi connectivity index (χ4v) is 2.05. The molecule has 78 valence electrons. The molecule has 1 unspecified atom stereocenters. The van der Waals surface area contributed by atoms with Crippen LogP contribution in [-0.2, 0) is 9.53 Å². The van der Waals surface area contributed by atoms with Gasteiger partial charge in [-0.1, -0.05) is 6.92 Å². The van der Waals surface area contributed by atoms with Gasteiger partial charge < -0.3 is 10.1 Å². The molecule has 13 heavy (non-hydrogen) atoms. The second-order valence-electron chi connectivity index (χ2n) is 2.79. The molecule has 0 spiro atoms. The van der Waals surface area contributed by atoms with E-state index in [1.54, 1.807) is 11.8 Å². The first-order valence-corrected chi connectivity index (χ1v) is 5.71. The normalized spacial score (nSPS) is 12.5. The third kappa shape index (κ3) is 6.90. The summed E-state index contributed by atoms with van der Waals surface area (Å²) in [6.07, 6.45) is 1.64. The minimum atomic E-state index is -0.120. The predicted molar refractivity (Wildman–Crippen MR) is 57.1 cm³/mol. The van der Waals surface area contributed by atoms with Crippen molar-refractivity contribution in [3.63, 3.8) is 0 Å². The fourth-order valence-electron chi connectivity index (χ4n) is 0.888. The highest BCUT2D eigenvalue weighted by Crippen LogP contribution is 2.07. The SMILES string of the molecule is CCC(CSCCC(=O)OC)NC. The molecular weight excluding hydrogens is 186 g/mol. The molecule has 0 aliphatic heterocycles. The van der Waals surface area contributed by atoms with Crippen LogP contribution in [-0.4, -0.2) is 37.7 Å². The molecule has 0 aliphatic rings. The Hall–Kier alpha value is -0.220. The highest BCUT2D eigenvalue weighted by atomic mass is 32.2. The topological polar surface area (TPSA) is 38.3 Å². The van der Waals surface area contributed by atoms with Crippen LogP contribution in [0.4, 0.5) is 0 Å². The number of hydrogen-bond acceptors (Lipinski definition) is 4. The van der Waals surface area contributed by atoms with Crippen LogP contribution in [0.25, 0.3) is 0 Å². The van der Waals surface area contributed by atoms with Crippen LogP contribution in [0.1, 0.15) is 19.8 Å². The summed E-state index contributed by atoms with van der Waals surface area (Å²) in [6, 6.07) is 0.558. The molecule has 4 heteroatoms. The van der Waals surface area contributed by atoms with Gasteiger partial charge >= 0.3 is 5.97 Å². The predicted octanol–water partition coefficient (Wildman–Crippen LogP) is 1.28. The first-order valence-electron chi connectivity index (χ1n) is 4.56. The van der Waals surface area contributed by atoms with Gasteiger partial charge in [0.2, 0.25) is 0 Å². The lowest BCUT2D eigenvalue weighted by Crippen LogP contribution is -2.26. The molecule has 0 radical (unpaired) electrons. The Labute approximate surface area is 84.6 Å². The van der Waals surface area contributed by atoms with Crippen LogP contribution < -0.4 is 5.32 Å². The summed E-state index contributed by atoms with van der Waals surface area (Å²) in [4.78, 5) is 10.7. The van der Waals surface area contributed by atoms with E-state index in [-0.39, 0.29) is 5.97 Å². The van der Waals surface area contributed by atoms with Crippen LogP contribution in [0.15, 0.2) is 0 Å². The first-order chi connectivity index (χ1) is 6.24. The standard InChI is InChI=1S/C9H19NO2S/c1-4-8(10-2)7-13-6-5-9(11)12-3/h8,10H,4-7H2,1-3H3. The van der Waals surface area contributed by atoms with E-state index in [2.05, 4.69) is 17.0 Å². The Morgan fingerprint density at radius 2 is 2.31 bits per heavy atom. The maximum atomic E-state index is 10.7. The van der Waals surface area contributed by atoms with Gasteiger partial charge in [-0.2, -0.15) is 11.8 Å². The van der Waals surface area contributed by atoms with Gasteiger partial charge in [-0.3, -0.25) is 4.79 Å². The van der Waals surface area contributed by atoms with Crippen LogP contribution in [0.5, 0.6) is 0 Å². The van der Waals surface area contributed by atoms with E-state index in [9.17, 15) is 4.79 Å². The Morgan fingerprint density at radius 3 is 2.77 bits per heavy atom. The summed E-state index contributed by atoms with van der Waals surface area (Å²) in [5.41, 5.74) is 0. The summed E-state index contributed by atoms with van der Waals surface area (Å²) in [7, 11) is 3.39. The molecule has 0 saturated carbocycles. The number of thioether (sulfide) groups is 1. The number of ether oxygens (including phenoxy) is 1. The minimum absolute atomic E-state index is 0.120. The van der Waals surface area contributed by atoms with Gasteiger partial charge in [-0.15, -0.1) is 0 Å². The number of esters is 1. The van der Waals surface area contributed by atoms with Crippen molar-refractivity contribution in [1.82, 2.24) is 5.32 Å². The van der Waals surface area contributed by atoms with Crippen molar-refractivity contribution in [3.05, 3.63) is 0 Å². The van der Waals surface area contributed by atoms with Crippen molar-refractivity contribution in [3.8, 4) is 0 Å². The molecule has 3 nitrogen and oxygen atoms in total. The lowest BCUT2D eigenvalue weighted by atomic mass is 10.3. The Bertz CT molecular complexity index is 138. The largest absolute Gasteiger partial charge is 0.469 e. The van der Waals surface area contributed by atoms with E-state index in [0.29, 0.717) is 12.5 Å². The van der Waals surface area contributed by atoms with Gasteiger partial charge in [-0.25, -0.2) is 0 Å². The lowest BCUT2D eigenvalue weighted by Gasteiger charge is -2.12. The van der Waals surface area contributed by atoms with Crippen molar-refractivity contribution < 1.29 is 9.53 Å². The van der Waals surface area contributed by atoms with Gasteiger partial charge in [-0.05, 0) is 13.5 Å². The van der Waals surface area contributed by atoms with E-state index >= 15 is 0 Å². The van der Waals surface area contributed by atoms with Crippen LogP contribution in [0, 0.1) is 0 Å². The third-order valence-electron chi connectivity index (χ3n) is 1.90. The molecule has 0 aliphatic carbocycles. The lowest BCUT2D eigenvalue weighted by molar-refractivity contribution is -0.140. The van der Waals surface area contributed by atoms with Gasteiger partial charge in [0.05, 0.1) is 13.5 Å². The van der Waals surface area contributed by atoms with E-state index in [1.807, 2.05) is 7.05 Å². The molecule has 0 amide bonds. The summed E-state index contributed by atoms with van der Waals surface area (Å²) in [5, 5.41) is 3.22. The van der Waals surface area contributed by atoms with Crippen molar-refractivity contribution in [2.24, 2.45) is 0 Å². The van der Waals surface area contributed by atoms with Gasteiger partial charge in [0.1, 0.15) is 0 Å². The second-order valence-corrected chi connectivity index (χ2v) is 3.94. The number of nitrogens with one attached hydrogen (secondary N) is 1. The number of methoxy groups -OCH3 is 1. The first kappa shape index (κ1) is 12.8. The summed E-state index contributed by atoms with van der Waals surface area (Å²) < 4.78 is 4.54. The maximum Gasteiger partial charge on any atom is 0.306 e. The molecular formula is C9H19NO2S. The van der Waals surface area contributed by atoms with Gasteiger partial charge in [0, 0.05) is 17.5 Å². The van der Waals surface area contributed by atoms with E-state index in [4.69, 9.17) is 0 Å². The summed E-state index contributed by atoms with van der Waals surface area (Å²) >= 11 is 1.79.